The van der Waals surface area contributed by atoms with Gasteiger partial charge < -0.3 is 18.9 Å². The zero-order valence-corrected chi connectivity index (χ0v) is 11.1. The van der Waals surface area contributed by atoms with Crippen LogP contribution in [-0.2, 0) is 14.2 Å². The molecular weight excluding hydrogens is 232 g/mol. The number of benzene rings is 1. The second-order valence-electron chi connectivity index (χ2n) is 3.68. The Hall–Kier alpha value is -1.10. The summed E-state index contributed by atoms with van der Waals surface area (Å²) in [6, 6.07) is 9.61. The molecule has 1 aromatic carbocycles. The predicted octanol–water partition coefficient (Wildman–Crippen LogP) is 2.48. The first kappa shape index (κ1) is 15.0. The third kappa shape index (κ3) is 7.27. The van der Waals surface area contributed by atoms with E-state index < -0.39 is 0 Å². The lowest BCUT2D eigenvalue weighted by molar-refractivity contribution is -0.0859. The van der Waals surface area contributed by atoms with Crippen molar-refractivity contribution in [1.29, 1.82) is 0 Å². The van der Waals surface area contributed by atoms with Gasteiger partial charge >= 0.3 is 0 Å². The molecule has 0 heterocycles. The van der Waals surface area contributed by atoms with E-state index in [1.54, 1.807) is 0 Å². The van der Waals surface area contributed by atoms with Crippen molar-refractivity contribution in [3.63, 3.8) is 0 Å². The molecular formula is C14H22O4. The van der Waals surface area contributed by atoms with E-state index >= 15 is 0 Å². The van der Waals surface area contributed by atoms with Crippen LogP contribution in [0.15, 0.2) is 30.3 Å². The summed E-state index contributed by atoms with van der Waals surface area (Å²) in [4.78, 5) is 0. The second kappa shape index (κ2) is 9.88. The summed E-state index contributed by atoms with van der Waals surface area (Å²) in [6.07, 6.45) is -0.275. The van der Waals surface area contributed by atoms with Gasteiger partial charge in [0.15, 0.2) is 6.29 Å². The molecule has 0 aromatic heterocycles. The van der Waals surface area contributed by atoms with Crippen LogP contribution in [-0.4, -0.2) is 39.3 Å². The van der Waals surface area contributed by atoms with Crippen LogP contribution < -0.4 is 4.74 Å². The summed E-state index contributed by atoms with van der Waals surface area (Å²) in [5.41, 5.74) is 0. The fourth-order valence-corrected chi connectivity index (χ4v) is 1.36. The highest BCUT2D eigenvalue weighted by molar-refractivity contribution is 5.20. The molecule has 1 aromatic rings. The van der Waals surface area contributed by atoms with E-state index in [0.717, 1.165) is 12.4 Å². The van der Waals surface area contributed by atoms with Crippen LogP contribution in [0.1, 0.15) is 13.8 Å². The van der Waals surface area contributed by atoms with Gasteiger partial charge in [-0.1, -0.05) is 18.2 Å². The molecule has 0 saturated carbocycles. The highest BCUT2D eigenvalue weighted by Crippen LogP contribution is 2.10. The summed E-state index contributed by atoms with van der Waals surface area (Å²) in [7, 11) is 0. The molecule has 18 heavy (non-hydrogen) atoms. The van der Waals surface area contributed by atoms with E-state index in [1.807, 2.05) is 44.2 Å². The minimum atomic E-state index is -0.275. The van der Waals surface area contributed by atoms with E-state index in [4.69, 9.17) is 18.9 Å². The first-order valence-corrected chi connectivity index (χ1v) is 6.31. The van der Waals surface area contributed by atoms with Gasteiger partial charge in [-0.3, -0.25) is 0 Å². The summed E-state index contributed by atoms with van der Waals surface area (Å²) in [5.74, 6) is 0.808. The average Bonchev–Trinajstić information content (AvgIpc) is 2.39. The Bertz CT molecular complexity index is 289. The normalized spacial score (nSPS) is 12.3. The molecule has 0 aliphatic heterocycles. The number of para-hydroxylation sites is 1. The number of rotatable bonds is 10. The van der Waals surface area contributed by atoms with E-state index in [0.29, 0.717) is 26.4 Å². The van der Waals surface area contributed by atoms with Crippen LogP contribution in [0.4, 0.5) is 0 Å². The maximum Gasteiger partial charge on any atom is 0.197 e. The lowest BCUT2D eigenvalue weighted by atomic mass is 10.3. The molecule has 0 aliphatic rings. The number of hydrogen-bond donors (Lipinski definition) is 0. The average molecular weight is 254 g/mol. The molecule has 0 aliphatic carbocycles. The molecule has 4 heteroatoms. The van der Waals surface area contributed by atoms with Gasteiger partial charge in [-0.05, 0) is 26.0 Å². The molecule has 0 bridgehead atoms. The Labute approximate surface area is 109 Å². The van der Waals surface area contributed by atoms with Crippen molar-refractivity contribution in [3.05, 3.63) is 30.3 Å². The van der Waals surface area contributed by atoms with Crippen LogP contribution in [0.25, 0.3) is 0 Å². The largest absolute Gasteiger partial charge is 0.465 e. The van der Waals surface area contributed by atoms with Gasteiger partial charge in [-0.15, -0.1) is 0 Å². The summed E-state index contributed by atoms with van der Waals surface area (Å²) in [5, 5.41) is 0. The number of hydrogen-bond acceptors (Lipinski definition) is 4. The summed E-state index contributed by atoms with van der Waals surface area (Å²) < 4.78 is 21.5. The standard InChI is InChI=1S/C14H22O4/c1-3-15-9-10-16-11-12-17-13(2)18-14-7-5-4-6-8-14/h4-8,13H,3,9-12H2,1-2H3. The minimum absolute atomic E-state index is 0.275. The summed E-state index contributed by atoms with van der Waals surface area (Å²) >= 11 is 0. The molecule has 1 atom stereocenters. The van der Waals surface area contributed by atoms with Crippen molar-refractivity contribution in [3.8, 4) is 5.75 Å². The lowest BCUT2D eigenvalue weighted by Crippen LogP contribution is -2.19. The van der Waals surface area contributed by atoms with Gasteiger partial charge in [-0.2, -0.15) is 0 Å². The second-order valence-corrected chi connectivity index (χ2v) is 3.68. The van der Waals surface area contributed by atoms with E-state index in [1.165, 1.54) is 0 Å². The van der Waals surface area contributed by atoms with Gasteiger partial charge in [0.2, 0.25) is 0 Å². The molecule has 0 radical (unpaired) electrons. The molecule has 0 amide bonds. The van der Waals surface area contributed by atoms with Crippen molar-refractivity contribution in [1.82, 2.24) is 0 Å². The Morgan fingerprint density at radius 3 is 2.33 bits per heavy atom. The molecule has 0 N–H and O–H groups in total. The van der Waals surface area contributed by atoms with Crippen molar-refractivity contribution >= 4 is 0 Å². The quantitative estimate of drug-likeness (QED) is 0.475. The fraction of sp³-hybridized carbons (Fsp3) is 0.571. The first-order chi connectivity index (χ1) is 8.83. The van der Waals surface area contributed by atoms with Crippen LogP contribution in [0.5, 0.6) is 5.75 Å². The number of ether oxygens (including phenoxy) is 4. The molecule has 0 fully saturated rings. The third-order valence-electron chi connectivity index (χ3n) is 2.20. The van der Waals surface area contributed by atoms with E-state index in [-0.39, 0.29) is 6.29 Å². The Kier molecular flexibility index (Phi) is 8.21. The molecule has 102 valence electrons. The molecule has 1 unspecified atom stereocenters. The topological polar surface area (TPSA) is 36.9 Å². The maximum atomic E-state index is 5.56. The van der Waals surface area contributed by atoms with Crippen LogP contribution >= 0.6 is 0 Å². The van der Waals surface area contributed by atoms with Crippen molar-refractivity contribution in [2.24, 2.45) is 0 Å². The SMILES string of the molecule is CCOCCOCCOC(C)Oc1ccccc1. The Morgan fingerprint density at radius 1 is 0.944 bits per heavy atom. The lowest BCUT2D eigenvalue weighted by Gasteiger charge is -2.15. The van der Waals surface area contributed by atoms with Crippen LogP contribution in [0.2, 0.25) is 0 Å². The first-order valence-electron chi connectivity index (χ1n) is 6.31. The van der Waals surface area contributed by atoms with Gasteiger partial charge in [0, 0.05) is 6.61 Å². The van der Waals surface area contributed by atoms with Crippen LogP contribution in [0, 0.1) is 0 Å². The minimum Gasteiger partial charge on any atom is -0.465 e. The zero-order chi connectivity index (χ0) is 13.1. The molecule has 0 saturated heterocycles. The summed E-state index contributed by atoms with van der Waals surface area (Å²) in [6.45, 7) is 6.86. The van der Waals surface area contributed by atoms with E-state index in [9.17, 15) is 0 Å². The third-order valence-corrected chi connectivity index (χ3v) is 2.20. The van der Waals surface area contributed by atoms with Gasteiger partial charge in [-0.25, -0.2) is 0 Å². The fourth-order valence-electron chi connectivity index (χ4n) is 1.36. The van der Waals surface area contributed by atoms with Gasteiger partial charge in [0.05, 0.1) is 26.4 Å². The maximum absolute atomic E-state index is 5.56. The smallest absolute Gasteiger partial charge is 0.197 e. The van der Waals surface area contributed by atoms with Crippen molar-refractivity contribution < 1.29 is 18.9 Å². The Balaban J connectivity index is 1.99. The molecule has 0 spiro atoms. The van der Waals surface area contributed by atoms with Gasteiger partial charge in [0.25, 0.3) is 0 Å². The van der Waals surface area contributed by atoms with Crippen molar-refractivity contribution in [2.45, 2.75) is 20.1 Å². The van der Waals surface area contributed by atoms with Crippen LogP contribution in [0.3, 0.4) is 0 Å². The van der Waals surface area contributed by atoms with Crippen molar-refractivity contribution in [2.75, 3.05) is 33.0 Å². The monoisotopic (exact) mass is 254 g/mol. The molecule has 1 rings (SSSR count). The van der Waals surface area contributed by atoms with E-state index in [2.05, 4.69) is 0 Å². The predicted molar refractivity (Wildman–Crippen MR) is 69.8 cm³/mol. The highest BCUT2D eigenvalue weighted by atomic mass is 16.7. The van der Waals surface area contributed by atoms with Gasteiger partial charge in [0.1, 0.15) is 5.75 Å². The zero-order valence-electron chi connectivity index (χ0n) is 11.1. The molecule has 4 nitrogen and oxygen atoms in total. The Morgan fingerprint density at radius 2 is 1.61 bits per heavy atom. The highest BCUT2D eigenvalue weighted by Gasteiger charge is 2.02.